The number of carbonyl (C=O) groups excluding carboxylic acids is 1. The molecule has 0 aliphatic carbocycles. The van der Waals surface area contributed by atoms with E-state index in [0.29, 0.717) is 23.0 Å². The molecule has 0 radical (unpaired) electrons. The zero-order valence-electron chi connectivity index (χ0n) is 17.0. The molecule has 1 N–H and O–H groups in total. The van der Waals surface area contributed by atoms with Gasteiger partial charge in [-0.15, -0.1) is 0 Å². The van der Waals surface area contributed by atoms with Crippen molar-refractivity contribution in [2.45, 2.75) is 18.4 Å². The Morgan fingerprint density at radius 2 is 1.61 bits per heavy atom. The number of benzene rings is 3. The summed E-state index contributed by atoms with van der Waals surface area (Å²) >= 11 is 6.07. The first kappa shape index (κ1) is 22.7. The number of ether oxygens (including phenoxy) is 1. The zero-order valence-corrected chi connectivity index (χ0v) is 18.6. The van der Waals surface area contributed by atoms with Gasteiger partial charge >= 0.3 is 0 Å². The van der Waals surface area contributed by atoms with Crippen LogP contribution in [0.1, 0.15) is 12.5 Å². The van der Waals surface area contributed by atoms with Gasteiger partial charge in [-0.05, 0) is 55.0 Å². The quantitative estimate of drug-likeness (QED) is 0.520. The molecule has 8 heteroatoms. The van der Waals surface area contributed by atoms with Gasteiger partial charge in [0.05, 0.1) is 10.6 Å². The summed E-state index contributed by atoms with van der Waals surface area (Å²) in [6.45, 7) is 2.20. The van der Waals surface area contributed by atoms with Crippen molar-refractivity contribution < 1.29 is 17.9 Å². The third-order valence-corrected chi connectivity index (χ3v) is 6.83. The molecule has 3 aromatic carbocycles. The van der Waals surface area contributed by atoms with E-state index in [1.807, 2.05) is 18.2 Å². The highest BCUT2D eigenvalue weighted by Crippen LogP contribution is 2.25. The summed E-state index contributed by atoms with van der Waals surface area (Å²) in [5.41, 5.74) is 1.34. The Labute approximate surface area is 187 Å². The highest BCUT2D eigenvalue weighted by molar-refractivity contribution is 7.92. The lowest BCUT2D eigenvalue weighted by Crippen LogP contribution is -2.30. The monoisotopic (exact) mass is 458 g/mol. The number of sulfonamides is 1. The van der Waals surface area contributed by atoms with Crippen LogP contribution in [0.4, 0.5) is 5.69 Å². The molecule has 1 amide bonds. The van der Waals surface area contributed by atoms with Gasteiger partial charge in [-0.1, -0.05) is 48.0 Å². The first-order chi connectivity index (χ1) is 14.9. The topological polar surface area (TPSA) is 75.7 Å². The summed E-state index contributed by atoms with van der Waals surface area (Å²) in [6, 6.07) is 22.1. The number of carbonyl (C=O) groups is 1. The third kappa shape index (κ3) is 5.77. The predicted octanol–water partition coefficient (Wildman–Crippen LogP) is 4.25. The van der Waals surface area contributed by atoms with E-state index in [1.54, 1.807) is 67.6 Å². The molecule has 0 heterocycles. The molecule has 0 bridgehead atoms. The van der Waals surface area contributed by atoms with Crippen LogP contribution in [0.15, 0.2) is 83.8 Å². The SMILES string of the molecule is CCN(c1ccc(OCC(=O)NCc2ccccc2Cl)cc1)S(=O)(=O)c1ccccc1. The standard InChI is InChI=1S/C23H23ClN2O4S/c1-2-26(31(28,29)21-9-4-3-5-10-21)19-12-14-20(15-13-19)30-17-23(27)25-16-18-8-6-7-11-22(18)24/h3-15H,2,16-17H2,1H3,(H,25,27). The number of hydrogen-bond acceptors (Lipinski definition) is 4. The molecule has 0 atom stereocenters. The van der Waals surface area contributed by atoms with Gasteiger partial charge < -0.3 is 10.1 Å². The van der Waals surface area contributed by atoms with E-state index in [-0.39, 0.29) is 24.0 Å². The molecule has 0 spiro atoms. The van der Waals surface area contributed by atoms with E-state index in [9.17, 15) is 13.2 Å². The van der Waals surface area contributed by atoms with Crippen molar-refractivity contribution in [1.29, 1.82) is 0 Å². The number of rotatable bonds is 9. The van der Waals surface area contributed by atoms with Gasteiger partial charge in [0.1, 0.15) is 5.75 Å². The average Bonchev–Trinajstić information content (AvgIpc) is 2.79. The summed E-state index contributed by atoms with van der Waals surface area (Å²) in [7, 11) is -3.66. The fourth-order valence-electron chi connectivity index (χ4n) is 2.96. The molecular weight excluding hydrogens is 436 g/mol. The summed E-state index contributed by atoms with van der Waals surface area (Å²) < 4.78 is 32.7. The smallest absolute Gasteiger partial charge is 0.264 e. The number of nitrogens with zero attached hydrogens (tertiary/aromatic N) is 1. The number of hydrogen-bond donors (Lipinski definition) is 1. The lowest BCUT2D eigenvalue weighted by molar-refractivity contribution is -0.123. The first-order valence-corrected chi connectivity index (χ1v) is 11.5. The molecule has 0 fully saturated rings. The molecule has 0 aromatic heterocycles. The minimum absolute atomic E-state index is 0.163. The fourth-order valence-corrected chi connectivity index (χ4v) is 4.65. The Morgan fingerprint density at radius 1 is 0.968 bits per heavy atom. The van der Waals surface area contributed by atoms with Gasteiger partial charge in [0.15, 0.2) is 6.61 Å². The molecule has 0 unspecified atom stereocenters. The molecule has 0 aliphatic heterocycles. The molecule has 3 rings (SSSR count). The van der Waals surface area contributed by atoms with E-state index in [0.717, 1.165) is 5.56 Å². The summed E-state index contributed by atoms with van der Waals surface area (Å²) in [5.74, 6) is 0.177. The Balaban J connectivity index is 1.59. The van der Waals surface area contributed by atoms with E-state index in [1.165, 1.54) is 4.31 Å². The number of nitrogens with one attached hydrogen (secondary N) is 1. The van der Waals surface area contributed by atoms with Crippen LogP contribution >= 0.6 is 11.6 Å². The first-order valence-electron chi connectivity index (χ1n) is 9.72. The van der Waals surface area contributed by atoms with E-state index in [2.05, 4.69) is 5.32 Å². The predicted molar refractivity (Wildman–Crippen MR) is 122 cm³/mol. The largest absolute Gasteiger partial charge is 0.484 e. The second-order valence-electron chi connectivity index (χ2n) is 6.63. The highest BCUT2D eigenvalue weighted by Gasteiger charge is 2.23. The van der Waals surface area contributed by atoms with Crippen molar-refractivity contribution in [1.82, 2.24) is 5.32 Å². The van der Waals surface area contributed by atoms with Crippen LogP contribution in [0, 0.1) is 0 Å². The van der Waals surface area contributed by atoms with Crippen molar-refractivity contribution >= 4 is 33.2 Å². The maximum atomic E-state index is 12.9. The van der Waals surface area contributed by atoms with Crippen LogP contribution in [0.25, 0.3) is 0 Å². The number of halogens is 1. The van der Waals surface area contributed by atoms with Crippen molar-refractivity contribution in [2.24, 2.45) is 0 Å². The Morgan fingerprint density at radius 3 is 2.26 bits per heavy atom. The van der Waals surface area contributed by atoms with Crippen LogP contribution in [-0.2, 0) is 21.4 Å². The van der Waals surface area contributed by atoms with E-state index < -0.39 is 10.0 Å². The molecule has 0 aliphatic rings. The summed E-state index contributed by atoms with van der Waals surface area (Å²) in [4.78, 5) is 12.3. The van der Waals surface area contributed by atoms with Gasteiger partial charge in [-0.3, -0.25) is 9.10 Å². The number of amides is 1. The lowest BCUT2D eigenvalue weighted by atomic mass is 10.2. The normalized spacial score (nSPS) is 11.0. The van der Waals surface area contributed by atoms with Crippen LogP contribution in [-0.4, -0.2) is 27.5 Å². The van der Waals surface area contributed by atoms with Crippen molar-refractivity contribution in [3.63, 3.8) is 0 Å². The maximum absolute atomic E-state index is 12.9. The van der Waals surface area contributed by atoms with Crippen LogP contribution in [0.3, 0.4) is 0 Å². The summed E-state index contributed by atoms with van der Waals surface area (Å²) in [5, 5.41) is 3.34. The maximum Gasteiger partial charge on any atom is 0.264 e. The second kappa shape index (κ2) is 10.3. The fraction of sp³-hybridized carbons (Fsp3) is 0.174. The molecule has 0 saturated carbocycles. The molecule has 162 valence electrons. The highest BCUT2D eigenvalue weighted by atomic mass is 35.5. The third-order valence-electron chi connectivity index (χ3n) is 4.55. The van der Waals surface area contributed by atoms with Crippen LogP contribution in [0.5, 0.6) is 5.75 Å². The summed E-state index contributed by atoms with van der Waals surface area (Å²) in [6.07, 6.45) is 0. The zero-order chi connectivity index (χ0) is 22.3. The van der Waals surface area contributed by atoms with Crippen molar-refractivity contribution in [3.8, 4) is 5.75 Å². The van der Waals surface area contributed by atoms with Crippen molar-refractivity contribution in [2.75, 3.05) is 17.5 Å². The number of anilines is 1. The van der Waals surface area contributed by atoms with Gasteiger partial charge in [0.2, 0.25) is 0 Å². The van der Waals surface area contributed by atoms with Gasteiger partial charge in [0.25, 0.3) is 15.9 Å². The molecule has 0 saturated heterocycles. The lowest BCUT2D eigenvalue weighted by Gasteiger charge is -2.23. The molecule has 6 nitrogen and oxygen atoms in total. The van der Waals surface area contributed by atoms with Gasteiger partial charge in [-0.25, -0.2) is 8.42 Å². The van der Waals surface area contributed by atoms with Crippen LogP contribution in [0.2, 0.25) is 5.02 Å². The van der Waals surface area contributed by atoms with Gasteiger partial charge in [0, 0.05) is 18.1 Å². The molecule has 3 aromatic rings. The molecular formula is C23H23ClN2O4S. The second-order valence-corrected chi connectivity index (χ2v) is 8.90. The average molecular weight is 459 g/mol. The van der Waals surface area contributed by atoms with E-state index in [4.69, 9.17) is 16.3 Å². The Kier molecular flexibility index (Phi) is 7.55. The van der Waals surface area contributed by atoms with E-state index >= 15 is 0 Å². The Bertz CT molecular complexity index is 1120. The van der Waals surface area contributed by atoms with Crippen molar-refractivity contribution in [3.05, 3.63) is 89.4 Å². The minimum atomic E-state index is -3.66. The van der Waals surface area contributed by atoms with Gasteiger partial charge in [-0.2, -0.15) is 0 Å². The molecule has 31 heavy (non-hydrogen) atoms. The van der Waals surface area contributed by atoms with Crippen LogP contribution < -0.4 is 14.4 Å². The Hall–Kier alpha value is -3.03. The minimum Gasteiger partial charge on any atom is -0.484 e.